The Morgan fingerprint density at radius 1 is 0.744 bits per heavy atom. The molecule has 8 N–H and O–H groups in total. The molecule has 0 aromatic carbocycles. The van der Waals surface area contributed by atoms with E-state index in [1.807, 2.05) is 0 Å². The second kappa shape index (κ2) is 30.7. The van der Waals surface area contributed by atoms with Gasteiger partial charge in [-0.2, -0.15) is 0 Å². The smallest absolute Gasteiger partial charge is 0.330 e. The van der Waals surface area contributed by atoms with Crippen LogP contribution in [-0.4, -0.2) is 228 Å². The Balaban J connectivity index is 1.31. The third-order valence-corrected chi connectivity index (χ3v) is 15.5. The number of H-pyrrole nitrogens is 1. The molecule has 4 aliphatic rings. The van der Waals surface area contributed by atoms with Gasteiger partial charge in [-0.25, -0.2) is 4.79 Å². The topological polar surface area (TPSA) is 349 Å². The van der Waals surface area contributed by atoms with Gasteiger partial charge >= 0.3 is 29.6 Å². The number of carboxylic acid groups (broad SMARTS) is 1. The number of likely N-dealkylation sites (N-methyl/N-ethyl adjacent to an activating group) is 2. The number of unbranched alkanes of at least 4 members (excludes halogenated alkanes) is 5. The van der Waals surface area contributed by atoms with E-state index in [1.165, 1.54) is 33.3 Å². The van der Waals surface area contributed by atoms with Crippen molar-refractivity contribution in [2.24, 2.45) is 17.6 Å². The van der Waals surface area contributed by atoms with Crippen molar-refractivity contribution in [3.63, 3.8) is 0 Å². The van der Waals surface area contributed by atoms with Crippen LogP contribution in [0.4, 0.5) is 0 Å². The fraction of sp³-hybridized carbons (Fsp3) is 0.846. The molecule has 4 aliphatic heterocycles. The number of nitrogens with zero attached hydrogens (tertiary/aromatic N) is 3. The number of carbonyl (C=O) groups excluding carboxylic acids is 3. The SMILES string of the molecule is CCC(C)CCCCCCCCC(CC(=O)OC1CN(C)C(C(OC2OC(CN)C(O)C2O)C2OC(n3ccc(=O)[nH]c3=O)C(O)C2O)CN(C)C1C(=O)O)OC(=O)CC(C)CC(=O)OC1OC(C)C(OC)C(OC)C1OC. The average molecular weight is 1120 g/mol. The van der Waals surface area contributed by atoms with Gasteiger partial charge in [0, 0.05) is 66.1 Å². The number of aliphatic carboxylic acids is 1. The van der Waals surface area contributed by atoms with Gasteiger partial charge in [0.25, 0.3) is 5.56 Å². The lowest BCUT2D eigenvalue weighted by atomic mass is 9.97. The monoisotopic (exact) mass is 1120 g/mol. The highest BCUT2D eigenvalue weighted by Gasteiger charge is 2.55. The van der Waals surface area contributed by atoms with E-state index in [4.69, 9.17) is 53.1 Å². The fourth-order valence-electron chi connectivity index (χ4n) is 10.9. The number of aromatic nitrogens is 2. The molecule has 20 unspecified atom stereocenters. The second-order valence-electron chi connectivity index (χ2n) is 21.5. The van der Waals surface area contributed by atoms with Gasteiger partial charge in [0.2, 0.25) is 6.29 Å². The summed E-state index contributed by atoms with van der Waals surface area (Å²) in [4.78, 5) is 83.8. The maximum Gasteiger partial charge on any atom is 0.330 e. The zero-order valence-corrected chi connectivity index (χ0v) is 46.5. The molecule has 1 aromatic rings. The molecule has 1 aromatic heterocycles. The van der Waals surface area contributed by atoms with Gasteiger partial charge in [-0.3, -0.25) is 43.3 Å². The first-order valence-corrected chi connectivity index (χ1v) is 27.2. The lowest BCUT2D eigenvalue weighted by molar-refractivity contribution is -0.297. The van der Waals surface area contributed by atoms with E-state index in [1.54, 1.807) is 25.8 Å². The maximum atomic E-state index is 14.1. The minimum atomic E-state index is -1.80. The zero-order chi connectivity index (χ0) is 57.5. The van der Waals surface area contributed by atoms with E-state index >= 15 is 0 Å². The average Bonchev–Trinajstić information content (AvgIpc) is 3.78. The number of carboxylic acids is 1. The number of aliphatic hydroxyl groups is 4. The molecule has 4 fully saturated rings. The maximum absolute atomic E-state index is 14.1. The first-order valence-electron chi connectivity index (χ1n) is 27.2. The normalized spacial score (nSPS) is 33.4. The van der Waals surface area contributed by atoms with Gasteiger partial charge in [0.1, 0.15) is 79.3 Å². The number of nitrogens with two attached hydrogens (primary N) is 1. The highest BCUT2D eigenvalue weighted by Crippen LogP contribution is 2.37. The van der Waals surface area contributed by atoms with Gasteiger partial charge < -0.3 is 78.6 Å². The largest absolute Gasteiger partial charge is 0.480 e. The number of hydrogen-bond acceptors (Lipinski definition) is 23. The van der Waals surface area contributed by atoms with Gasteiger partial charge in [-0.1, -0.05) is 65.7 Å². The quantitative estimate of drug-likeness (QED) is 0.0310. The summed E-state index contributed by atoms with van der Waals surface area (Å²) < 4.78 is 59.3. The van der Waals surface area contributed by atoms with E-state index in [9.17, 15) is 54.3 Å². The molecule has 0 radical (unpaired) electrons. The number of methoxy groups -OCH3 is 3. The molecule has 78 heavy (non-hydrogen) atoms. The summed E-state index contributed by atoms with van der Waals surface area (Å²) in [6.45, 7) is 7.16. The summed E-state index contributed by atoms with van der Waals surface area (Å²) >= 11 is 0. The highest BCUT2D eigenvalue weighted by atomic mass is 16.7. The first kappa shape index (κ1) is 64.8. The third-order valence-electron chi connectivity index (χ3n) is 15.5. The van der Waals surface area contributed by atoms with Crippen LogP contribution >= 0.6 is 0 Å². The number of rotatable bonds is 29. The Hall–Kier alpha value is -4.00. The van der Waals surface area contributed by atoms with Crippen LogP contribution in [0.2, 0.25) is 0 Å². The van der Waals surface area contributed by atoms with Crippen molar-refractivity contribution >= 4 is 23.9 Å². The fourth-order valence-corrected chi connectivity index (χ4v) is 10.9. The molecule has 5 heterocycles. The number of nitrogens with one attached hydrogen (secondary N) is 1. The van der Waals surface area contributed by atoms with Gasteiger partial charge in [-0.05, 0) is 45.7 Å². The van der Waals surface area contributed by atoms with Crippen molar-refractivity contribution in [3.8, 4) is 0 Å². The molecule has 0 bridgehead atoms. The summed E-state index contributed by atoms with van der Waals surface area (Å²) in [6.07, 6.45) is -11.5. The van der Waals surface area contributed by atoms with Crippen LogP contribution in [-0.2, 0) is 66.5 Å². The molecule has 0 saturated carbocycles. The third kappa shape index (κ3) is 17.0. The molecule has 5 rings (SSSR count). The molecular weight excluding hydrogens is 1030 g/mol. The number of hydrogen-bond donors (Lipinski definition) is 7. The Morgan fingerprint density at radius 3 is 1.97 bits per heavy atom. The van der Waals surface area contributed by atoms with Crippen LogP contribution in [0.1, 0.15) is 111 Å². The van der Waals surface area contributed by atoms with Crippen LogP contribution in [0.5, 0.6) is 0 Å². The number of carbonyl (C=O) groups is 4. The predicted molar refractivity (Wildman–Crippen MR) is 274 cm³/mol. The van der Waals surface area contributed by atoms with Crippen molar-refractivity contribution in [3.05, 3.63) is 33.1 Å². The minimum Gasteiger partial charge on any atom is -0.480 e. The summed E-state index contributed by atoms with van der Waals surface area (Å²) in [5.74, 6) is -3.47. The Bertz CT molecular complexity index is 2170. The lowest BCUT2D eigenvalue weighted by Gasteiger charge is -2.43. The summed E-state index contributed by atoms with van der Waals surface area (Å²) in [5.41, 5.74) is 4.09. The van der Waals surface area contributed by atoms with Crippen LogP contribution in [0.3, 0.4) is 0 Å². The van der Waals surface area contributed by atoms with Crippen molar-refractivity contribution in [1.82, 2.24) is 19.4 Å². The van der Waals surface area contributed by atoms with Crippen LogP contribution in [0.15, 0.2) is 21.9 Å². The number of ether oxygens (including phenoxy) is 10. The van der Waals surface area contributed by atoms with E-state index in [0.717, 1.165) is 61.8 Å². The van der Waals surface area contributed by atoms with Gasteiger partial charge in [-0.15, -0.1) is 0 Å². The van der Waals surface area contributed by atoms with Crippen molar-refractivity contribution in [2.75, 3.05) is 55.1 Å². The second-order valence-corrected chi connectivity index (χ2v) is 21.5. The van der Waals surface area contributed by atoms with Gasteiger partial charge in [0.05, 0.1) is 18.6 Å². The van der Waals surface area contributed by atoms with Gasteiger partial charge in [0.15, 0.2) is 12.5 Å². The van der Waals surface area contributed by atoms with E-state index < -0.39 is 158 Å². The Morgan fingerprint density at radius 2 is 1.37 bits per heavy atom. The van der Waals surface area contributed by atoms with E-state index in [-0.39, 0.29) is 38.9 Å². The summed E-state index contributed by atoms with van der Waals surface area (Å²) in [7, 11) is 7.45. The molecule has 4 saturated heterocycles. The summed E-state index contributed by atoms with van der Waals surface area (Å²) in [6, 6.07) is -1.51. The van der Waals surface area contributed by atoms with Crippen molar-refractivity contribution in [2.45, 2.75) is 215 Å². The van der Waals surface area contributed by atoms with E-state index in [0.29, 0.717) is 12.3 Å². The standard InChI is InChI=1S/C52H87N5O21/c1-10-27(2)17-15-13-11-12-14-16-18-30(73-35(59)21-28(3)22-36(60)76-51-47(71-9)46(70-8)43(69-7)29(4)72-51)23-37(61)74-33-26-55(5)31(25-56(6)38(33)49(66)67)44(78-50-42(65)39(62)32(24-53)75-50)45-40(63)41(64)48(77-45)57-20-19-34(58)54-52(57)68/h19-20,27-33,38-48,50-51,62-65H,10-18,21-26,53H2,1-9H3,(H,66,67)(H,54,58,68). The molecule has 0 spiro atoms. The summed E-state index contributed by atoms with van der Waals surface area (Å²) in [5, 5.41) is 55.3. The molecule has 20 atom stereocenters. The first-order chi connectivity index (χ1) is 37.1. The molecule has 26 heteroatoms. The number of aromatic amines is 1. The number of esters is 3. The Labute approximate surface area is 455 Å². The molecule has 0 amide bonds. The predicted octanol–water partition coefficient (Wildman–Crippen LogP) is -0.225. The van der Waals surface area contributed by atoms with Crippen LogP contribution < -0.4 is 17.0 Å². The molecule has 446 valence electrons. The van der Waals surface area contributed by atoms with Crippen LogP contribution in [0.25, 0.3) is 0 Å². The lowest BCUT2D eigenvalue weighted by Crippen LogP contribution is -2.59. The molecular formula is C52H87N5O21. The highest BCUT2D eigenvalue weighted by molar-refractivity contribution is 5.77. The van der Waals surface area contributed by atoms with Crippen molar-refractivity contribution in [1.29, 1.82) is 0 Å². The Kier molecular flexibility index (Phi) is 25.5. The molecule has 26 nitrogen and oxygen atoms in total. The molecule has 0 aliphatic carbocycles. The van der Waals surface area contributed by atoms with Crippen molar-refractivity contribution < 1.29 is 92.1 Å². The number of aliphatic hydroxyl groups excluding tert-OH is 4. The van der Waals surface area contributed by atoms with E-state index in [2.05, 4.69) is 18.8 Å². The minimum absolute atomic E-state index is 0.187. The zero-order valence-electron chi connectivity index (χ0n) is 46.5. The van der Waals surface area contributed by atoms with Crippen LogP contribution in [0, 0.1) is 11.8 Å².